The summed E-state index contributed by atoms with van der Waals surface area (Å²) >= 11 is 1.33. The molecule has 0 unspecified atom stereocenters. The zero-order chi connectivity index (χ0) is 25.6. The lowest BCUT2D eigenvalue weighted by atomic mass is 10.2. The Morgan fingerprint density at radius 2 is 2.00 bits per heavy atom. The second-order valence-corrected chi connectivity index (χ2v) is 10.0. The number of benzene rings is 2. The van der Waals surface area contributed by atoms with Crippen LogP contribution in [0.4, 0.5) is 24.5 Å². The van der Waals surface area contributed by atoms with Gasteiger partial charge in [0.1, 0.15) is 28.9 Å². The van der Waals surface area contributed by atoms with Gasteiger partial charge in [-0.05, 0) is 31.2 Å². The smallest absolute Gasteiger partial charge is 0.490 e. The van der Waals surface area contributed by atoms with Crippen molar-refractivity contribution < 1.29 is 41.0 Å². The normalized spacial score (nSPS) is 13.2. The maximum absolute atomic E-state index is 12.7. The van der Waals surface area contributed by atoms with Crippen LogP contribution in [0.3, 0.4) is 0 Å². The fourth-order valence-electron chi connectivity index (χ4n) is 3.14. The standard InChI is InChI=1S/C20H20N2O4S2.C2HF3O2/c1-2-25-16-5-3-4-15(12-16)22-9-10-26-19-13-17(6-7-18(19)22)28(23,24)14-20-21-8-11-27-20;3-2(4,5)1(6)7/h3-8,11-13H,2,9-10,14H2,1H3;(H,6,7). The molecule has 2 heterocycles. The summed E-state index contributed by atoms with van der Waals surface area (Å²) in [4.78, 5) is 15.3. The molecule has 0 bridgehead atoms. The molecule has 1 aromatic heterocycles. The maximum Gasteiger partial charge on any atom is 0.490 e. The van der Waals surface area contributed by atoms with Crippen LogP contribution in [0, 0.1) is 0 Å². The van der Waals surface area contributed by atoms with E-state index in [1.165, 1.54) is 11.3 Å². The summed E-state index contributed by atoms with van der Waals surface area (Å²) in [6, 6.07) is 12.9. The van der Waals surface area contributed by atoms with Gasteiger partial charge in [0, 0.05) is 29.4 Å². The molecule has 1 aliphatic heterocycles. The highest BCUT2D eigenvalue weighted by molar-refractivity contribution is 7.90. The minimum Gasteiger partial charge on any atom is -0.494 e. The molecule has 1 aliphatic rings. The zero-order valence-electron chi connectivity index (χ0n) is 18.4. The molecule has 0 atom stereocenters. The summed E-state index contributed by atoms with van der Waals surface area (Å²) in [5.74, 6) is -1.50. The van der Waals surface area contributed by atoms with Gasteiger partial charge >= 0.3 is 12.1 Å². The number of aromatic nitrogens is 1. The molecular formula is C22H21F3N2O6S2. The van der Waals surface area contributed by atoms with E-state index in [9.17, 15) is 21.6 Å². The Hall–Kier alpha value is -3.32. The number of thiazole rings is 1. The number of halogens is 3. The quantitative estimate of drug-likeness (QED) is 0.490. The first kappa shape index (κ1) is 26.3. The van der Waals surface area contributed by atoms with Crippen LogP contribution in [0.15, 0.2) is 58.9 Å². The van der Waals surface area contributed by atoms with E-state index in [2.05, 4.69) is 9.88 Å². The van der Waals surface area contributed by atoms with Crippen LogP contribution in [0.1, 0.15) is 11.9 Å². The molecule has 0 saturated heterocycles. The highest BCUT2D eigenvalue weighted by atomic mass is 32.2. The largest absolute Gasteiger partial charge is 0.494 e. The van der Waals surface area contributed by atoms with Crippen molar-refractivity contribution in [2.75, 3.05) is 24.7 Å². The summed E-state index contributed by atoms with van der Waals surface area (Å²) in [6.07, 6.45) is -3.47. The van der Waals surface area contributed by atoms with Crippen LogP contribution in [0.2, 0.25) is 0 Å². The van der Waals surface area contributed by atoms with Crippen LogP contribution >= 0.6 is 11.3 Å². The third kappa shape index (κ3) is 6.85. The number of carboxylic acids is 1. The predicted molar refractivity (Wildman–Crippen MR) is 123 cm³/mol. The number of hydrogen-bond acceptors (Lipinski definition) is 8. The van der Waals surface area contributed by atoms with Crippen molar-refractivity contribution in [3.8, 4) is 11.5 Å². The van der Waals surface area contributed by atoms with Gasteiger partial charge in [0.2, 0.25) is 0 Å². The SMILES string of the molecule is CCOc1cccc(N2CCOc3cc(S(=O)(=O)Cc4nccs4)ccc32)c1.O=C(O)C(F)(F)F. The number of nitrogens with zero attached hydrogens (tertiary/aromatic N) is 2. The second-order valence-electron chi connectivity index (χ2n) is 7.05. The minimum absolute atomic E-state index is 0.108. The first-order valence-corrected chi connectivity index (χ1v) is 12.7. The van der Waals surface area contributed by atoms with Crippen molar-refractivity contribution in [2.45, 2.75) is 23.7 Å². The van der Waals surface area contributed by atoms with Gasteiger partial charge in [-0.25, -0.2) is 18.2 Å². The van der Waals surface area contributed by atoms with Crippen LogP contribution < -0.4 is 14.4 Å². The molecular weight excluding hydrogens is 509 g/mol. The van der Waals surface area contributed by atoms with E-state index < -0.39 is 22.0 Å². The first-order chi connectivity index (χ1) is 16.5. The van der Waals surface area contributed by atoms with E-state index in [4.69, 9.17) is 19.4 Å². The molecule has 4 rings (SSSR count). The predicted octanol–water partition coefficient (Wildman–Crippen LogP) is 4.68. The van der Waals surface area contributed by atoms with E-state index in [1.54, 1.807) is 29.8 Å². The Balaban J connectivity index is 0.000000429. The van der Waals surface area contributed by atoms with Gasteiger partial charge in [-0.1, -0.05) is 6.07 Å². The van der Waals surface area contributed by atoms with E-state index in [-0.39, 0.29) is 10.6 Å². The Labute approximate surface area is 203 Å². The number of fused-ring (bicyclic) bond motifs is 1. The number of rotatable bonds is 6. The number of sulfone groups is 1. The number of alkyl halides is 3. The van der Waals surface area contributed by atoms with Crippen molar-refractivity contribution in [2.24, 2.45) is 0 Å². The maximum atomic E-state index is 12.7. The zero-order valence-corrected chi connectivity index (χ0v) is 20.0. The molecule has 188 valence electrons. The Morgan fingerprint density at radius 1 is 1.26 bits per heavy atom. The fourth-order valence-corrected chi connectivity index (χ4v) is 5.41. The number of carbonyl (C=O) groups is 1. The van der Waals surface area contributed by atoms with Crippen molar-refractivity contribution in [1.82, 2.24) is 4.98 Å². The van der Waals surface area contributed by atoms with E-state index >= 15 is 0 Å². The van der Waals surface area contributed by atoms with E-state index in [0.29, 0.717) is 30.5 Å². The van der Waals surface area contributed by atoms with E-state index in [1.807, 2.05) is 31.2 Å². The van der Waals surface area contributed by atoms with Gasteiger partial charge in [0.15, 0.2) is 9.84 Å². The van der Waals surface area contributed by atoms with Gasteiger partial charge in [0.25, 0.3) is 0 Å². The van der Waals surface area contributed by atoms with E-state index in [0.717, 1.165) is 17.1 Å². The molecule has 0 amide bonds. The van der Waals surface area contributed by atoms with Gasteiger partial charge in [-0.15, -0.1) is 11.3 Å². The van der Waals surface area contributed by atoms with Crippen LogP contribution in [-0.4, -0.2) is 50.4 Å². The van der Waals surface area contributed by atoms with Gasteiger partial charge in [-0.3, -0.25) is 0 Å². The highest BCUT2D eigenvalue weighted by Gasteiger charge is 2.38. The van der Waals surface area contributed by atoms with Gasteiger partial charge in [-0.2, -0.15) is 13.2 Å². The summed E-state index contributed by atoms with van der Waals surface area (Å²) in [5.41, 5.74) is 1.82. The summed E-state index contributed by atoms with van der Waals surface area (Å²) < 4.78 is 68.6. The van der Waals surface area contributed by atoms with Crippen molar-refractivity contribution in [1.29, 1.82) is 0 Å². The fraction of sp³-hybridized carbons (Fsp3) is 0.273. The number of hydrogen-bond donors (Lipinski definition) is 1. The lowest BCUT2D eigenvalue weighted by molar-refractivity contribution is -0.192. The topological polar surface area (TPSA) is 106 Å². The molecule has 0 spiro atoms. The lowest BCUT2D eigenvalue weighted by Crippen LogP contribution is -2.28. The second kappa shape index (κ2) is 11.0. The van der Waals surface area contributed by atoms with Crippen molar-refractivity contribution in [3.63, 3.8) is 0 Å². The molecule has 0 saturated carbocycles. The molecule has 0 radical (unpaired) electrons. The monoisotopic (exact) mass is 530 g/mol. The minimum atomic E-state index is -5.08. The Kier molecular flexibility index (Phi) is 8.22. The average molecular weight is 531 g/mol. The lowest BCUT2D eigenvalue weighted by Gasteiger charge is -2.31. The molecule has 13 heteroatoms. The summed E-state index contributed by atoms with van der Waals surface area (Å²) in [5, 5.41) is 9.47. The molecule has 0 aliphatic carbocycles. The number of ether oxygens (including phenoxy) is 2. The number of carboxylic acid groups (broad SMARTS) is 1. The molecule has 2 aromatic carbocycles. The van der Waals surface area contributed by atoms with Gasteiger partial charge < -0.3 is 19.5 Å². The highest BCUT2D eigenvalue weighted by Crippen LogP contribution is 2.39. The third-order valence-electron chi connectivity index (χ3n) is 4.63. The Morgan fingerprint density at radius 3 is 2.63 bits per heavy atom. The molecule has 35 heavy (non-hydrogen) atoms. The average Bonchev–Trinajstić information content (AvgIpc) is 3.31. The first-order valence-electron chi connectivity index (χ1n) is 10.2. The molecule has 1 N–H and O–H groups in total. The molecule has 8 nitrogen and oxygen atoms in total. The van der Waals surface area contributed by atoms with Crippen LogP contribution in [0.25, 0.3) is 0 Å². The molecule has 3 aromatic rings. The Bertz CT molecular complexity index is 1260. The van der Waals surface area contributed by atoms with Crippen LogP contribution in [-0.2, 0) is 20.4 Å². The number of anilines is 2. The summed E-state index contributed by atoms with van der Waals surface area (Å²) in [6.45, 7) is 3.70. The van der Waals surface area contributed by atoms with Crippen LogP contribution in [0.5, 0.6) is 11.5 Å². The third-order valence-corrected chi connectivity index (χ3v) is 7.22. The van der Waals surface area contributed by atoms with Gasteiger partial charge in [0.05, 0.1) is 23.7 Å². The molecule has 0 fully saturated rings. The summed E-state index contributed by atoms with van der Waals surface area (Å²) in [7, 11) is -3.48. The van der Waals surface area contributed by atoms with Crippen molar-refractivity contribution in [3.05, 3.63) is 59.0 Å². The number of aliphatic carboxylic acids is 1. The van der Waals surface area contributed by atoms with Crippen molar-refractivity contribution >= 4 is 38.5 Å².